The van der Waals surface area contributed by atoms with E-state index in [1.807, 2.05) is 0 Å². The van der Waals surface area contributed by atoms with E-state index < -0.39 is 0 Å². The van der Waals surface area contributed by atoms with E-state index in [1.54, 1.807) is 0 Å². The maximum absolute atomic E-state index is 2.53. The maximum Gasteiger partial charge on any atom is 0.0405 e. The summed E-state index contributed by atoms with van der Waals surface area (Å²) in [6.45, 7) is 18.3. The number of rotatable bonds is 13. The zero-order valence-corrected chi connectivity index (χ0v) is 39.2. The van der Waals surface area contributed by atoms with Crippen molar-refractivity contribution >= 4 is 21.6 Å². The molecule has 0 nitrogen and oxygen atoms in total. The molecule has 0 aliphatic carbocycles. The minimum atomic E-state index is 0.229. The molecule has 2 heteroatoms. The van der Waals surface area contributed by atoms with Gasteiger partial charge >= 0.3 is 0 Å². The molecule has 8 aromatic carbocycles. The lowest BCUT2D eigenvalue weighted by Gasteiger charge is -2.28. The second kappa shape index (κ2) is 19.2. The lowest BCUT2D eigenvalue weighted by atomic mass is 9.83. The average molecular weight is 843 g/mol. The first-order chi connectivity index (χ1) is 30.2. The van der Waals surface area contributed by atoms with Gasteiger partial charge in [-0.2, -0.15) is 0 Å². The molecular formula is C60H58S2. The average Bonchev–Trinajstić information content (AvgIpc) is 3.28. The van der Waals surface area contributed by atoms with Crippen LogP contribution in [0.25, 0.3) is 66.8 Å². The van der Waals surface area contributed by atoms with Crippen LogP contribution in [0.4, 0.5) is 0 Å². The van der Waals surface area contributed by atoms with Gasteiger partial charge < -0.3 is 0 Å². The molecule has 0 radical (unpaired) electrons. The Balaban J connectivity index is 1.34. The minimum absolute atomic E-state index is 0.229. The van der Waals surface area contributed by atoms with Crippen LogP contribution in [0.15, 0.2) is 170 Å². The molecule has 0 unspecified atom stereocenters. The van der Waals surface area contributed by atoms with Crippen molar-refractivity contribution in [2.75, 3.05) is 0 Å². The molecule has 2 atom stereocenters. The second-order valence-electron chi connectivity index (χ2n) is 16.9. The summed E-state index contributed by atoms with van der Waals surface area (Å²) in [6.07, 6.45) is 2.00. The Morgan fingerprint density at radius 1 is 0.306 bits per heavy atom. The summed E-state index contributed by atoms with van der Waals surface area (Å²) < 4.78 is 0. The van der Waals surface area contributed by atoms with E-state index in [9.17, 15) is 0 Å². The standard InChI is InChI=1S/C60H58S2/c1-9-57(55-37-45(47-29-17-11-23-39(47)3)35-53(49-31-19-13-25-41(49)5)59(55)51-33-21-15-27-43(51)7)61-62-58(10-2)56-38-46(48-30-18-12-24-40(48)4)36-54(50-32-20-14-26-42(50)6)60(56)52-34-22-16-28-44(52)8/h11-38,57-58H,9-10H2,1-8H3/t57-,58-/m1/s1. The number of aryl methyl sites for hydroxylation is 6. The highest BCUT2D eigenvalue weighted by Crippen LogP contribution is 2.56. The van der Waals surface area contributed by atoms with Gasteiger partial charge in [-0.1, -0.05) is 181 Å². The van der Waals surface area contributed by atoms with E-state index in [4.69, 9.17) is 0 Å². The highest BCUT2D eigenvalue weighted by molar-refractivity contribution is 8.76. The third-order valence-electron chi connectivity index (χ3n) is 12.7. The van der Waals surface area contributed by atoms with Gasteiger partial charge in [-0.3, -0.25) is 0 Å². The molecule has 0 bridgehead atoms. The summed E-state index contributed by atoms with van der Waals surface area (Å²) >= 11 is 0. The largest absolute Gasteiger partial charge is 0.0853 e. The number of benzene rings is 8. The van der Waals surface area contributed by atoms with Crippen LogP contribution in [0.2, 0.25) is 0 Å². The van der Waals surface area contributed by atoms with Gasteiger partial charge in [0, 0.05) is 10.5 Å². The predicted octanol–water partition coefficient (Wildman–Crippen LogP) is 18.5. The van der Waals surface area contributed by atoms with Gasteiger partial charge in [0.2, 0.25) is 0 Å². The van der Waals surface area contributed by atoms with Crippen LogP contribution in [0, 0.1) is 41.5 Å². The van der Waals surface area contributed by atoms with E-state index in [-0.39, 0.29) is 10.5 Å². The Morgan fingerprint density at radius 2 is 0.565 bits per heavy atom. The smallest absolute Gasteiger partial charge is 0.0405 e. The molecule has 0 saturated heterocycles. The Hall–Kier alpha value is -5.54. The molecule has 0 aliphatic heterocycles. The van der Waals surface area contributed by atoms with Crippen LogP contribution in [0.3, 0.4) is 0 Å². The van der Waals surface area contributed by atoms with Crippen molar-refractivity contribution in [3.8, 4) is 66.8 Å². The fourth-order valence-corrected chi connectivity index (χ4v) is 12.6. The first-order valence-electron chi connectivity index (χ1n) is 22.2. The summed E-state index contributed by atoms with van der Waals surface area (Å²) in [7, 11) is 4.13. The van der Waals surface area contributed by atoms with Gasteiger partial charge in [-0.25, -0.2) is 0 Å². The normalized spacial score (nSPS) is 12.3. The van der Waals surface area contributed by atoms with Crippen molar-refractivity contribution in [1.29, 1.82) is 0 Å². The van der Waals surface area contributed by atoms with Crippen LogP contribution in [0.1, 0.15) is 81.7 Å². The van der Waals surface area contributed by atoms with E-state index in [2.05, 4.69) is 247 Å². The van der Waals surface area contributed by atoms with E-state index in [1.165, 1.54) is 111 Å². The predicted molar refractivity (Wildman–Crippen MR) is 275 cm³/mol. The molecule has 0 saturated carbocycles. The van der Waals surface area contributed by atoms with Crippen molar-refractivity contribution < 1.29 is 0 Å². The quantitative estimate of drug-likeness (QED) is 0.106. The van der Waals surface area contributed by atoms with Gasteiger partial charge in [0.05, 0.1) is 0 Å². The number of hydrogen-bond donors (Lipinski definition) is 0. The zero-order chi connectivity index (χ0) is 43.3. The molecule has 0 aromatic heterocycles. The van der Waals surface area contributed by atoms with Crippen LogP contribution < -0.4 is 0 Å². The highest BCUT2D eigenvalue weighted by atomic mass is 33.1. The summed E-state index contributed by atoms with van der Waals surface area (Å²) in [4.78, 5) is 0. The van der Waals surface area contributed by atoms with Gasteiger partial charge in [0.1, 0.15) is 0 Å². The van der Waals surface area contributed by atoms with Gasteiger partial charge in [-0.15, -0.1) is 0 Å². The van der Waals surface area contributed by atoms with Crippen molar-refractivity contribution in [3.05, 3.63) is 214 Å². The molecule has 62 heavy (non-hydrogen) atoms. The Morgan fingerprint density at radius 3 is 0.839 bits per heavy atom. The van der Waals surface area contributed by atoms with Crippen molar-refractivity contribution in [2.45, 2.75) is 78.7 Å². The van der Waals surface area contributed by atoms with Crippen LogP contribution in [-0.2, 0) is 0 Å². The fraction of sp³-hybridized carbons (Fsp3) is 0.200. The first kappa shape index (κ1) is 43.1. The summed E-state index contributed by atoms with van der Waals surface area (Å²) in [6, 6.07) is 63.6. The van der Waals surface area contributed by atoms with E-state index in [0.717, 1.165) is 12.8 Å². The third-order valence-corrected chi connectivity index (χ3v) is 16.1. The zero-order valence-electron chi connectivity index (χ0n) is 37.6. The molecule has 0 spiro atoms. The second-order valence-corrected chi connectivity index (χ2v) is 19.5. The summed E-state index contributed by atoms with van der Waals surface area (Å²) in [5, 5.41) is 0.459. The SMILES string of the molecule is CC[C@@H](SS[C@H](CC)c1cc(-c2ccccc2C)cc(-c2ccccc2C)c1-c1ccccc1C)c1cc(-c2ccccc2C)cc(-c2ccccc2C)c1-c1ccccc1C. The molecule has 0 aliphatic rings. The maximum atomic E-state index is 2.53. The Kier molecular flexibility index (Phi) is 13.4. The van der Waals surface area contributed by atoms with Crippen LogP contribution >= 0.6 is 21.6 Å². The van der Waals surface area contributed by atoms with Crippen molar-refractivity contribution in [2.24, 2.45) is 0 Å². The van der Waals surface area contributed by atoms with Crippen molar-refractivity contribution in [1.82, 2.24) is 0 Å². The lowest BCUT2D eigenvalue weighted by Crippen LogP contribution is -2.03. The van der Waals surface area contributed by atoms with Crippen LogP contribution in [-0.4, -0.2) is 0 Å². The van der Waals surface area contributed by atoms with Crippen molar-refractivity contribution in [3.63, 3.8) is 0 Å². The van der Waals surface area contributed by atoms with Gasteiger partial charge in [-0.05, 0) is 190 Å². The lowest BCUT2D eigenvalue weighted by molar-refractivity contribution is 0.895. The molecule has 0 N–H and O–H groups in total. The van der Waals surface area contributed by atoms with Crippen LogP contribution in [0.5, 0.6) is 0 Å². The van der Waals surface area contributed by atoms with Gasteiger partial charge in [0.15, 0.2) is 0 Å². The summed E-state index contributed by atoms with van der Waals surface area (Å²) in [5.41, 5.74) is 26.2. The minimum Gasteiger partial charge on any atom is -0.0853 e. The molecule has 8 rings (SSSR count). The van der Waals surface area contributed by atoms with E-state index >= 15 is 0 Å². The Bertz CT molecular complexity index is 2670. The Labute approximate surface area is 379 Å². The molecule has 0 heterocycles. The third kappa shape index (κ3) is 8.74. The fourth-order valence-electron chi connectivity index (χ4n) is 9.24. The molecule has 0 amide bonds. The monoisotopic (exact) mass is 842 g/mol. The van der Waals surface area contributed by atoms with E-state index in [0.29, 0.717) is 0 Å². The molecule has 310 valence electrons. The first-order valence-corrected chi connectivity index (χ1v) is 24.5. The molecule has 8 aromatic rings. The number of hydrogen-bond acceptors (Lipinski definition) is 2. The summed E-state index contributed by atoms with van der Waals surface area (Å²) in [5.74, 6) is 0. The topological polar surface area (TPSA) is 0 Å². The van der Waals surface area contributed by atoms with Gasteiger partial charge in [0.25, 0.3) is 0 Å². The molecule has 0 fully saturated rings. The molecular weight excluding hydrogens is 785 g/mol. The highest BCUT2D eigenvalue weighted by Gasteiger charge is 2.27.